The maximum absolute atomic E-state index is 12.5. The van der Waals surface area contributed by atoms with Crippen LogP contribution in [-0.2, 0) is 6.54 Å². The zero-order chi connectivity index (χ0) is 17.8. The molecule has 0 aliphatic heterocycles. The first-order valence-corrected chi connectivity index (χ1v) is 8.94. The number of carbonyl (C=O) groups is 1. The van der Waals surface area contributed by atoms with E-state index in [4.69, 9.17) is 0 Å². The lowest BCUT2D eigenvalue weighted by Gasteiger charge is -2.11. The molecule has 0 bridgehead atoms. The largest absolute Gasteiger partial charge is 0.346 e. The minimum atomic E-state index is -0.214. The van der Waals surface area contributed by atoms with Crippen molar-refractivity contribution in [2.75, 3.05) is 0 Å². The number of aromatic nitrogens is 2. The number of hydrogen-bond acceptors (Lipinski definition) is 4. The second kappa shape index (κ2) is 7.44. The molecule has 3 aromatic rings. The number of rotatable bonds is 5. The molecule has 1 aromatic carbocycles. The molecule has 128 valence electrons. The molecule has 1 amide bonds. The molecule has 0 saturated heterocycles. The van der Waals surface area contributed by atoms with Crippen LogP contribution in [0.2, 0.25) is 0 Å². The molecule has 0 aliphatic carbocycles. The van der Waals surface area contributed by atoms with E-state index in [0.717, 1.165) is 16.3 Å². The van der Waals surface area contributed by atoms with Gasteiger partial charge in [-0.15, -0.1) is 11.3 Å². The first-order chi connectivity index (χ1) is 12.0. The van der Waals surface area contributed by atoms with E-state index in [0.29, 0.717) is 17.8 Å². The van der Waals surface area contributed by atoms with Gasteiger partial charge >= 0.3 is 0 Å². The van der Waals surface area contributed by atoms with Crippen molar-refractivity contribution in [1.29, 1.82) is 0 Å². The number of thiazole rings is 1. The van der Waals surface area contributed by atoms with Gasteiger partial charge in [0.15, 0.2) is 0 Å². The highest BCUT2D eigenvalue weighted by Gasteiger charge is 2.15. The first kappa shape index (κ1) is 17.1. The van der Waals surface area contributed by atoms with E-state index in [1.807, 2.05) is 49.6 Å². The summed E-state index contributed by atoms with van der Waals surface area (Å²) in [6, 6.07) is 12.9. The van der Waals surface area contributed by atoms with Crippen LogP contribution in [0.1, 0.15) is 41.5 Å². The molecule has 0 radical (unpaired) electrons. The molecular weight excluding hydrogens is 334 g/mol. The molecule has 0 fully saturated rings. The fourth-order valence-corrected chi connectivity index (χ4v) is 3.34. The molecule has 3 rings (SSSR count). The summed E-state index contributed by atoms with van der Waals surface area (Å²) in [6.07, 6.45) is 0. The summed E-state index contributed by atoms with van der Waals surface area (Å²) in [5.41, 5.74) is 2.81. The van der Waals surface area contributed by atoms with E-state index in [2.05, 4.69) is 15.3 Å². The maximum atomic E-state index is 12.5. The van der Waals surface area contributed by atoms with Crippen molar-refractivity contribution in [2.24, 2.45) is 0 Å². The van der Waals surface area contributed by atoms with Gasteiger partial charge in [0.25, 0.3) is 5.91 Å². The predicted octanol–water partition coefficient (Wildman–Crippen LogP) is 3.55. The minimum absolute atomic E-state index is 0.0543. The van der Waals surface area contributed by atoms with Gasteiger partial charge in [0, 0.05) is 22.7 Å². The highest BCUT2D eigenvalue weighted by molar-refractivity contribution is 7.13. The molecule has 6 heteroatoms. The number of hydrogen-bond donors (Lipinski definition) is 2. The van der Waals surface area contributed by atoms with E-state index < -0.39 is 0 Å². The van der Waals surface area contributed by atoms with Gasteiger partial charge < -0.3 is 10.3 Å². The van der Waals surface area contributed by atoms with E-state index in [9.17, 15) is 9.59 Å². The number of carbonyl (C=O) groups excluding carboxylic acids is 1. The zero-order valence-corrected chi connectivity index (χ0v) is 14.9. The predicted molar refractivity (Wildman–Crippen MR) is 99.9 cm³/mol. The van der Waals surface area contributed by atoms with Gasteiger partial charge in [0.1, 0.15) is 5.01 Å². The smallest absolute Gasteiger partial charge is 0.253 e. The number of nitrogens with one attached hydrogen (secondary N) is 2. The summed E-state index contributed by atoms with van der Waals surface area (Å²) in [5.74, 6) is -0.159. The van der Waals surface area contributed by atoms with Crippen LogP contribution >= 0.6 is 11.3 Å². The van der Waals surface area contributed by atoms with E-state index >= 15 is 0 Å². The Labute approximate surface area is 149 Å². The Hall–Kier alpha value is -2.73. The molecule has 0 spiro atoms. The second-order valence-electron chi connectivity index (χ2n) is 6.00. The molecule has 2 heterocycles. The Morgan fingerprint density at radius 2 is 1.96 bits per heavy atom. The van der Waals surface area contributed by atoms with Gasteiger partial charge in [0.05, 0.1) is 17.8 Å². The fraction of sp³-hybridized carbons (Fsp3) is 0.211. The van der Waals surface area contributed by atoms with Gasteiger partial charge in [0.2, 0.25) is 5.56 Å². The lowest BCUT2D eigenvalue weighted by Crippen LogP contribution is -2.26. The summed E-state index contributed by atoms with van der Waals surface area (Å²) in [7, 11) is 0. The van der Waals surface area contributed by atoms with Gasteiger partial charge in [-0.1, -0.05) is 44.2 Å². The molecule has 2 aromatic heterocycles. The third kappa shape index (κ3) is 4.03. The Morgan fingerprint density at radius 3 is 2.68 bits per heavy atom. The van der Waals surface area contributed by atoms with Crippen LogP contribution in [-0.4, -0.2) is 15.9 Å². The monoisotopic (exact) mass is 353 g/mol. The summed E-state index contributed by atoms with van der Waals surface area (Å²) in [6.45, 7) is 4.22. The Morgan fingerprint density at radius 1 is 1.20 bits per heavy atom. The third-order valence-corrected chi connectivity index (χ3v) is 4.71. The average molecular weight is 353 g/mol. The fourth-order valence-electron chi connectivity index (χ4n) is 2.51. The second-order valence-corrected chi connectivity index (χ2v) is 6.86. The molecule has 0 atom stereocenters. The highest BCUT2D eigenvalue weighted by Crippen LogP contribution is 2.23. The number of nitrogens with zero attached hydrogens (tertiary/aromatic N) is 1. The third-order valence-electron chi connectivity index (χ3n) is 3.77. The Kier molecular flexibility index (Phi) is 5.09. The average Bonchev–Trinajstić information content (AvgIpc) is 3.09. The Balaban J connectivity index is 1.71. The number of amides is 1. The van der Waals surface area contributed by atoms with Crippen LogP contribution in [0.3, 0.4) is 0 Å². The van der Waals surface area contributed by atoms with Crippen LogP contribution in [0.5, 0.6) is 0 Å². The van der Waals surface area contributed by atoms with Crippen LogP contribution in [0.4, 0.5) is 0 Å². The molecule has 5 nitrogen and oxygen atoms in total. The van der Waals surface area contributed by atoms with Gasteiger partial charge in [-0.05, 0) is 12.0 Å². The lowest BCUT2D eigenvalue weighted by molar-refractivity contribution is 0.0948. The van der Waals surface area contributed by atoms with E-state index in [1.54, 1.807) is 17.4 Å². The number of benzene rings is 1. The molecule has 0 saturated carbocycles. The number of pyridine rings is 1. The van der Waals surface area contributed by atoms with E-state index in [1.165, 1.54) is 6.07 Å². The highest BCUT2D eigenvalue weighted by atomic mass is 32.1. The van der Waals surface area contributed by atoms with Crippen LogP contribution < -0.4 is 10.9 Å². The maximum Gasteiger partial charge on any atom is 0.253 e. The van der Waals surface area contributed by atoms with Crippen molar-refractivity contribution in [2.45, 2.75) is 26.3 Å². The molecule has 2 N–H and O–H groups in total. The Bertz CT molecular complexity index is 929. The van der Waals surface area contributed by atoms with E-state index in [-0.39, 0.29) is 17.4 Å². The molecule has 25 heavy (non-hydrogen) atoms. The lowest BCUT2D eigenvalue weighted by atomic mass is 10.0. The van der Waals surface area contributed by atoms with Crippen molar-refractivity contribution in [3.8, 4) is 10.6 Å². The quantitative estimate of drug-likeness (QED) is 0.736. The van der Waals surface area contributed by atoms with Crippen molar-refractivity contribution in [3.63, 3.8) is 0 Å². The van der Waals surface area contributed by atoms with Gasteiger partial charge in [-0.25, -0.2) is 4.98 Å². The number of aromatic amines is 1. The SMILES string of the molecule is CC(C)c1[nH]c(=O)ccc1C(=O)NCc1csc(-c2ccccc2)n1. The minimum Gasteiger partial charge on any atom is -0.346 e. The van der Waals surface area contributed by atoms with Crippen molar-refractivity contribution in [3.05, 3.63) is 75.1 Å². The van der Waals surface area contributed by atoms with Crippen molar-refractivity contribution < 1.29 is 4.79 Å². The van der Waals surface area contributed by atoms with Crippen molar-refractivity contribution in [1.82, 2.24) is 15.3 Å². The van der Waals surface area contributed by atoms with Gasteiger partial charge in [-0.3, -0.25) is 9.59 Å². The molecular formula is C19H19N3O2S. The van der Waals surface area contributed by atoms with Gasteiger partial charge in [-0.2, -0.15) is 0 Å². The summed E-state index contributed by atoms with van der Waals surface area (Å²) in [5, 5.41) is 5.75. The van der Waals surface area contributed by atoms with Crippen LogP contribution in [0, 0.1) is 0 Å². The van der Waals surface area contributed by atoms with Crippen molar-refractivity contribution >= 4 is 17.2 Å². The normalized spacial score (nSPS) is 10.8. The topological polar surface area (TPSA) is 74.8 Å². The molecule has 0 unspecified atom stereocenters. The molecule has 0 aliphatic rings. The summed E-state index contributed by atoms with van der Waals surface area (Å²) >= 11 is 1.55. The summed E-state index contributed by atoms with van der Waals surface area (Å²) in [4.78, 5) is 31.3. The standard InChI is InChI=1S/C19H19N3O2S/c1-12(2)17-15(8-9-16(23)22-17)18(24)20-10-14-11-25-19(21-14)13-6-4-3-5-7-13/h3-9,11-12H,10H2,1-2H3,(H,20,24)(H,22,23). The first-order valence-electron chi connectivity index (χ1n) is 8.06. The van der Waals surface area contributed by atoms with Crippen LogP contribution in [0.15, 0.2) is 52.6 Å². The van der Waals surface area contributed by atoms with Crippen LogP contribution in [0.25, 0.3) is 10.6 Å². The zero-order valence-electron chi connectivity index (χ0n) is 14.1. The summed E-state index contributed by atoms with van der Waals surface area (Å²) < 4.78 is 0. The number of H-pyrrole nitrogens is 1.